The maximum atomic E-state index is 12.8. The maximum absolute atomic E-state index is 12.8. The zero-order valence-corrected chi connectivity index (χ0v) is 21.5. The van der Waals surface area contributed by atoms with Gasteiger partial charge in [0.25, 0.3) is 5.91 Å². The average Bonchev–Trinajstić information content (AvgIpc) is 3.32. The second kappa shape index (κ2) is 12.5. The highest BCUT2D eigenvalue weighted by Crippen LogP contribution is 2.29. The molecule has 1 unspecified atom stereocenters. The number of carbonyl (C=O) groups is 4. The van der Waals surface area contributed by atoms with Crippen LogP contribution in [0.15, 0.2) is 54.6 Å². The molecular formula is C29H37N3O4. The number of ketones is 1. The van der Waals surface area contributed by atoms with Gasteiger partial charge in [-0.15, -0.1) is 0 Å². The minimum absolute atomic E-state index is 0.0439. The highest BCUT2D eigenvalue weighted by Gasteiger charge is 2.35. The Bertz CT molecular complexity index is 1060. The van der Waals surface area contributed by atoms with Gasteiger partial charge >= 0.3 is 0 Å². The molecule has 7 nitrogen and oxygen atoms in total. The molecule has 0 bridgehead atoms. The number of benzene rings is 2. The minimum Gasteiger partial charge on any atom is -0.356 e. The third-order valence-electron chi connectivity index (χ3n) is 6.75. The van der Waals surface area contributed by atoms with Gasteiger partial charge in [0.1, 0.15) is 0 Å². The van der Waals surface area contributed by atoms with Gasteiger partial charge in [-0.1, -0.05) is 63.2 Å². The van der Waals surface area contributed by atoms with Crippen molar-refractivity contribution in [1.29, 1.82) is 0 Å². The van der Waals surface area contributed by atoms with Crippen molar-refractivity contribution in [2.45, 2.75) is 58.9 Å². The van der Waals surface area contributed by atoms with Crippen molar-refractivity contribution in [3.05, 3.63) is 71.3 Å². The van der Waals surface area contributed by atoms with Crippen LogP contribution in [0.4, 0.5) is 0 Å². The third-order valence-corrected chi connectivity index (χ3v) is 6.75. The second-order valence-electron chi connectivity index (χ2n) is 9.98. The summed E-state index contributed by atoms with van der Waals surface area (Å²) in [5.74, 6) is -0.163. The fourth-order valence-electron chi connectivity index (χ4n) is 4.57. The molecule has 36 heavy (non-hydrogen) atoms. The monoisotopic (exact) mass is 491 g/mol. The van der Waals surface area contributed by atoms with Crippen molar-refractivity contribution < 1.29 is 19.2 Å². The number of nitrogens with one attached hydrogen (secondary N) is 2. The maximum Gasteiger partial charge on any atom is 0.251 e. The first kappa shape index (κ1) is 27.1. The van der Waals surface area contributed by atoms with E-state index in [4.69, 9.17) is 0 Å². The van der Waals surface area contributed by atoms with E-state index in [0.29, 0.717) is 49.0 Å². The lowest BCUT2D eigenvalue weighted by molar-refractivity contribution is -0.134. The lowest BCUT2D eigenvalue weighted by atomic mass is 9.83. The standard InChI is InChI=1S/C29H37N3O4/c1-4-24(32-19-8-12-25(32)33)20-29(2,3)28(36)31-18-9-17-30-27(35)23-15-13-22(14-16-23)26(34)21-10-6-5-7-11-21/h5-7,10-11,13-16,24H,4,8-9,12,17-20H2,1-3H3,(H,30,35)(H,31,36). The van der Waals surface area contributed by atoms with Crippen LogP contribution in [0.5, 0.6) is 0 Å². The van der Waals surface area contributed by atoms with Crippen molar-refractivity contribution in [3.8, 4) is 0 Å². The van der Waals surface area contributed by atoms with Crippen LogP contribution in [-0.2, 0) is 9.59 Å². The van der Waals surface area contributed by atoms with E-state index in [1.165, 1.54) is 0 Å². The summed E-state index contributed by atoms with van der Waals surface area (Å²) < 4.78 is 0. The molecule has 2 aromatic rings. The Morgan fingerprint density at radius 3 is 2.14 bits per heavy atom. The van der Waals surface area contributed by atoms with E-state index >= 15 is 0 Å². The number of amides is 3. The molecule has 0 spiro atoms. The van der Waals surface area contributed by atoms with Crippen LogP contribution >= 0.6 is 0 Å². The van der Waals surface area contributed by atoms with Gasteiger partial charge in [0.05, 0.1) is 0 Å². The van der Waals surface area contributed by atoms with Gasteiger partial charge in [-0.05, 0) is 37.8 Å². The summed E-state index contributed by atoms with van der Waals surface area (Å²) in [6.07, 6.45) is 3.55. The number of nitrogens with zero attached hydrogens (tertiary/aromatic N) is 1. The molecule has 1 aliphatic rings. The zero-order chi connectivity index (χ0) is 26.1. The smallest absolute Gasteiger partial charge is 0.251 e. The van der Waals surface area contributed by atoms with Crippen molar-refractivity contribution in [1.82, 2.24) is 15.5 Å². The van der Waals surface area contributed by atoms with E-state index in [2.05, 4.69) is 17.6 Å². The minimum atomic E-state index is -0.592. The summed E-state index contributed by atoms with van der Waals surface area (Å²) >= 11 is 0. The Balaban J connectivity index is 1.40. The summed E-state index contributed by atoms with van der Waals surface area (Å²) in [6, 6.07) is 15.7. The molecule has 2 aromatic carbocycles. The van der Waals surface area contributed by atoms with Gasteiger partial charge in [-0.3, -0.25) is 19.2 Å². The Kier molecular flexibility index (Phi) is 9.39. The molecule has 1 saturated heterocycles. The van der Waals surface area contributed by atoms with Gasteiger partial charge in [0.2, 0.25) is 11.8 Å². The quantitative estimate of drug-likeness (QED) is 0.347. The highest BCUT2D eigenvalue weighted by molar-refractivity contribution is 6.09. The van der Waals surface area contributed by atoms with Crippen LogP contribution < -0.4 is 10.6 Å². The summed E-state index contributed by atoms with van der Waals surface area (Å²) in [5, 5.41) is 5.83. The molecule has 0 aliphatic carbocycles. The van der Waals surface area contributed by atoms with E-state index < -0.39 is 5.41 Å². The first-order valence-electron chi connectivity index (χ1n) is 12.8. The molecule has 3 rings (SSSR count). The predicted molar refractivity (Wildman–Crippen MR) is 140 cm³/mol. The molecule has 3 amide bonds. The summed E-state index contributed by atoms with van der Waals surface area (Å²) in [5.41, 5.74) is 1.02. The normalized spacial score (nSPS) is 14.4. The van der Waals surface area contributed by atoms with Crippen molar-refractivity contribution in [2.75, 3.05) is 19.6 Å². The molecule has 2 N–H and O–H groups in total. The third kappa shape index (κ3) is 7.03. The van der Waals surface area contributed by atoms with E-state index in [9.17, 15) is 19.2 Å². The molecule has 0 radical (unpaired) electrons. The molecule has 1 fully saturated rings. The van der Waals surface area contributed by atoms with E-state index in [0.717, 1.165) is 19.4 Å². The molecule has 0 aromatic heterocycles. The van der Waals surface area contributed by atoms with Crippen molar-refractivity contribution in [3.63, 3.8) is 0 Å². The molecule has 1 aliphatic heterocycles. The van der Waals surface area contributed by atoms with Crippen molar-refractivity contribution >= 4 is 23.5 Å². The van der Waals surface area contributed by atoms with Crippen LogP contribution in [0.1, 0.15) is 79.2 Å². The van der Waals surface area contributed by atoms with Gasteiger partial charge < -0.3 is 15.5 Å². The molecule has 0 saturated carbocycles. The van der Waals surface area contributed by atoms with Crippen LogP contribution in [0.2, 0.25) is 0 Å². The fourth-order valence-corrected chi connectivity index (χ4v) is 4.57. The fraction of sp³-hybridized carbons (Fsp3) is 0.448. The van der Waals surface area contributed by atoms with Gasteiger partial charge in [-0.25, -0.2) is 0 Å². The first-order chi connectivity index (χ1) is 17.2. The SMILES string of the molecule is CCC(CC(C)(C)C(=O)NCCCNC(=O)c1ccc(C(=O)c2ccccc2)cc1)N1CCCC1=O. The summed E-state index contributed by atoms with van der Waals surface area (Å²) in [7, 11) is 0. The largest absolute Gasteiger partial charge is 0.356 e. The van der Waals surface area contributed by atoms with Crippen LogP contribution in [-0.4, -0.2) is 54.1 Å². The predicted octanol–water partition coefficient (Wildman–Crippen LogP) is 3.97. The number of carbonyl (C=O) groups excluding carboxylic acids is 4. The van der Waals surface area contributed by atoms with Crippen molar-refractivity contribution in [2.24, 2.45) is 5.41 Å². The Labute approximate surface area is 213 Å². The van der Waals surface area contributed by atoms with E-state index in [1.807, 2.05) is 36.9 Å². The zero-order valence-electron chi connectivity index (χ0n) is 21.5. The summed E-state index contributed by atoms with van der Waals surface area (Å²) in [4.78, 5) is 51.8. The average molecular weight is 492 g/mol. The molecule has 1 atom stereocenters. The lowest BCUT2D eigenvalue weighted by Gasteiger charge is -2.33. The van der Waals surface area contributed by atoms with Crippen LogP contribution in [0, 0.1) is 5.41 Å². The van der Waals surface area contributed by atoms with Gasteiger partial charge in [0.15, 0.2) is 5.78 Å². The molecule has 7 heteroatoms. The first-order valence-corrected chi connectivity index (χ1v) is 12.8. The number of likely N-dealkylation sites (tertiary alicyclic amines) is 1. The van der Waals surface area contributed by atoms with Crippen LogP contribution in [0.3, 0.4) is 0 Å². The van der Waals surface area contributed by atoms with E-state index in [1.54, 1.807) is 36.4 Å². The van der Waals surface area contributed by atoms with Gasteiger partial charge in [0, 0.05) is 54.2 Å². The van der Waals surface area contributed by atoms with Gasteiger partial charge in [-0.2, -0.15) is 0 Å². The number of hydrogen-bond acceptors (Lipinski definition) is 4. The van der Waals surface area contributed by atoms with Crippen LogP contribution in [0.25, 0.3) is 0 Å². The topological polar surface area (TPSA) is 95.6 Å². The Hall–Kier alpha value is -3.48. The number of hydrogen-bond donors (Lipinski definition) is 2. The Morgan fingerprint density at radius 2 is 1.53 bits per heavy atom. The summed E-state index contributed by atoms with van der Waals surface area (Å²) in [6.45, 7) is 7.54. The number of rotatable bonds is 12. The molecule has 1 heterocycles. The molecule has 192 valence electrons. The molecular weight excluding hydrogens is 454 g/mol. The lowest BCUT2D eigenvalue weighted by Crippen LogP contribution is -2.44. The Morgan fingerprint density at radius 1 is 0.917 bits per heavy atom. The highest BCUT2D eigenvalue weighted by atomic mass is 16.2. The van der Waals surface area contributed by atoms with E-state index in [-0.39, 0.29) is 29.5 Å². The second-order valence-corrected chi connectivity index (χ2v) is 9.98.